The first kappa shape index (κ1) is 19.8. The van der Waals surface area contributed by atoms with Gasteiger partial charge in [0.25, 0.3) is 11.8 Å². The zero-order valence-electron chi connectivity index (χ0n) is 16.1. The van der Waals surface area contributed by atoms with Gasteiger partial charge in [0.2, 0.25) is 0 Å². The van der Waals surface area contributed by atoms with Crippen LogP contribution < -0.4 is 10.6 Å². The van der Waals surface area contributed by atoms with Gasteiger partial charge in [-0.1, -0.05) is 29.8 Å². The number of benzene rings is 3. The minimum Gasteiger partial charge on any atom is -0.465 e. The fourth-order valence-electron chi connectivity index (χ4n) is 2.69. The van der Waals surface area contributed by atoms with Crippen LogP contribution >= 0.6 is 0 Å². The normalized spacial score (nSPS) is 10.1. The van der Waals surface area contributed by atoms with E-state index in [1.165, 1.54) is 13.2 Å². The van der Waals surface area contributed by atoms with E-state index in [9.17, 15) is 14.4 Å². The molecule has 3 aromatic rings. The van der Waals surface area contributed by atoms with Gasteiger partial charge in [0, 0.05) is 22.5 Å². The standard InChI is InChI=1S/C23H20N2O4/c1-15-9-11-16(12-10-15)21(26)24-19-7-3-5-17(13-19)22(27)25-20-8-4-6-18(14-20)23(28)29-2/h3-14H,1-2H3,(H,24,26)(H,25,27). The van der Waals surface area contributed by atoms with Crippen molar-refractivity contribution < 1.29 is 19.1 Å². The first-order valence-corrected chi connectivity index (χ1v) is 8.94. The summed E-state index contributed by atoms with van der Waals surface area (Å²) >= 11 is 0. The zero-order chi connectivity index (χ0) is 20.8. The number of ether oxygens (including phenoxy) is 1. The summed E-state index contributed by atoms with van der Waals surface area (Å²) in [6, 6.07) is 20.3. The Bertz CT molecular complexity index is 1060. The van der Waals surface area contributed by atoms with Crippen LogP contribution in [0.5, 0.6) is 0 Å². The molecule has 0 atom stereocenters. The van der Waals surface area contributed by atoms with Gasteiger partial charge >= 0.3 is 5.97 Å². The largest absolute Gasteiger partial charge is 0.465 e. The molecule has 0 fully saturated rings. The van der Waals surface area contributed by atoms with Crippen LogP contribution in [0.3, 0.4) is 0 Å². The van der Waals surface area contributed by atoms with Crippen LogP contribution in [0.4, 0.5) is 11.4 Å². The van der Waals surface area contributed by atoms with Crippen LogP contribution in [0, 0.1) is 6.92 Å². The van der Waals surface area contributed by atoms with E-state index < -0.39 is 5.97 Å². The third-order valence-electron chi connectivity index (χ3n) is 4.24. The molecule has 0 spiro atoms. The lowest BCUT2D eigenvalue weighted by atomic mass is 10.1. The number of carbonyl (C=O) groups excluding carboxylic acids is 3. The van der Waals surface area contributed by atoms with Crippen molar-refractivity contribution in [1.29, 1.82) is 0 Å². The van der Waals surface area contributed by atoms with Crippen molar-refractivity contribution in [1.82, 2.24) is 0 Å². The number of anilines is 2. The second kappa shape index (κ2) is 8.84. The molecule has 0 aliphatic rings. The van der Waals surface area contributed by atoms with E-state index in [-0.39, 0.29) is 11.8 Å². The van der Waals surface area contributed by atoms with E-state index in [2.05, 4.69) is 15.4 Å². The monoisotopic (exact) mass is 388 g/mol. The minimum atomic E-state index is -0.484. The lowest BCUT2D eigenvalue weighted by molar-refractivity contribution is 0.0600. The summed E-state index contributed by atoms with van der Waals surface area (Å²) in [4.78, 5) is 36.6. The Morgan fingerprint density at radius 2 is 1.21 bits per heavy atom. The first-order valence-electron chi connectivity index (χ1n) is 8.94. The molecule has 0 saturated carbocycles. The molecule has 0 aromatic heterocycles. The maximum Gasteiger partial charge on any atom is 0.337 e. The van der Waals surface area contributed by atoms with Gasteiger partial charge in [-0.15, -0.1) is 0 Å². The van der Waals surface area contributed by atoms with Gasteiger partial charge in [-0.3, -0.25) is 9.59 Å². The van der Waals surface area contributed by atoms with E-state index in [1.807, 2.05) is 19.1 Å². The fourth-order valence-corrected chi connectivity index (χ4v) is 2.69. The predicted molar refractivity (Wildman–Crippen MR) is 111 cm³/mol. The van der Waals surface area contributed by atoms with Crippen LogP contribution in [0.1, 0.15) is 36.6 Å². The average Bonchev–Trinajstić information content (AvgIpc) is 2.74. The van der Waals surface area contributed by atoms with Gasteiger partial charge in [0.1, 0.15) is 0 Å². The van der Waals surface area contributed by atoms with Gasteiger partial charge < -0.3 is 15.4 Å². The third-order valence-corrected chi connectivity index (χ3v) is 4.24. The van der Waals surface area contributed by atoms with Gasteiger partial charge in [0.15, 0.2) is 0 Å². The molecule has 0 bridgehead atoms. The number of esters is 1. The maximum absolute atomic E-state index is 12.6. The quantitative estimate of drug-likeness (QED) is 0.639. The van der Waals surface area contributed by atoms with Crippen molar-refractivity contribution in [3.63, 3.8) is 0 Å². The summed E-state index contributed by atoms with van der Waals surface area (Å²) in [6.07, 6.45) is 0. The highest BCUT2D eigenvalue weighted by molar-refractivity contribution is 6.07. The number of hydrogen-bond donors (Lipinski definition) is 2. The molecule has 3 aromatic carbocycles. The van der Waals surface area contributed by atoms with Crippen LogP contribution in [-0.4, -0.2) is 24.9 Å². The van der Waals surface area contributed by atoms with E-state index in [1.54, 1.807) is 54.6 Å². The lowest BCUT2D eigenvalue weighted by Crippen LogP contribution is -2.15. The lowest BCUT2D eigenvalue weighted by Gasteiger charge is -2.09. The molecular weight excluding hydrogens is 368 g/mol. The van der Waals surface area contributed by atoms with E-state index in [0.717, 1.165) is 5.56 Å². The minimum absolute atomic E-state index is 0.256. The summed E-state index contributed by atoms with van der Waals surface area (Å²) in [5.41, 5.74) is 3.28. The third kappa shape index (κ3) is 5.07. The van der Waals surface area contributed by atoms with Crippen molar-refractivity contribution in [3.8, 4) is 0 Å². The molecule has 146 valence electrons. The number of hydrogen-bond acceptors (Lipinski definition) is 4. The van der Waals surface area contributed by atoms with Crippen molar-refractivity contribution in [2.24, 2.45) is 0 Å². The number of nitrogens with one attached hydrogen (secondary N) is 2. The Morgan fingerprint density at radius 1 is 0.690 bits per heavy atom. The topological polar surface area (TPSA) is 84.5 Å². The highest BCUT2D eigenvalue weighted by atomic mass is 16.5. The average molecular weight is 388 g/mol. The summed E-state index contributed by atoms with van der Waals surface area (Å²) in [7, 11) is 1.30. The van der Waals surface area contributed by atoms with Gasteiger partial charge in [0.05, 0.1) is 12.7 Å². The van der Waals surface area contributed by atoms with Gasteiger partial charge in [-0.25, -0.2) is 4.79 Å². The molecule has 0 saturated heterocycles. The molecule has 29 heavy (non-hydrogen) atoms. The van der Waals surface area contributed by atoms with E-state index >= 15 is 0 Å². The van der Waals surface area contributed by atoms with E-state index in [4.69, 9.17) is 0 Å². The molecule has 0 heterocycles. The van der Waals surface area contributed by atoms with Crippen molar-refractivity contribution >= 4 is 29.2 Å². The summed E-state index contributed by atoms with van der Waals surface area (Å²) < 4.78 is 4.68. The highest BCUT2D eigenvalue weighted by Crippen LogP contribution is 2.16. The molecule has 2 amide bonds. The number of methoxy groups -OCH3 is 1. The second-order valence-corrected chi connectivity index (χ2v) is 6.43. The number of carbonyl (C=O) groups is 3. The first-order chi connectivity index (χ1) is 14.0. The second-order valence-electron chi connectivity index (χ2n) is 6.43. The van der Waals surface area contributed by atoms with Crippen LogP contribution in [0.15, 0.2) is 72.8 Å². The molecule has 6 nitrogen and oxygen atoms in total. The maximum atomic E-state index is 12.6. The van der Waals surface area contributed by atoms with Crippen LogP contribution in [0.25, 0.3) is 0 Å². The molecule has 0 aliphatic carbocycles. The predicted octanol–water partition coefficient (Wildman–Crippen LogP) is 4.29. The Balaban J connectivity index is 1.72. The Morgan fingerprint density at radius 3 is 1.79 bits per heavy atom. The molecule has 6 heteroatoms. The number of amides is 2. The summed E-state index contributed by atoms with van der Waals surface area (Å²) in [5, 5.41) is 5.52. The Hall–Kier alpha value is -3.93. The molecule has 0 aliphatic heterocycles. The molecule has 2 N–H and O–H groups in total. The molecule has 3 rings (SSSR count). The van der Waals surface area contributed by atoms with Crippen molar-refractivity contribution in [2.75, 3.05) is 17.7 Å². The molecule has 0 radical (unpaired) electrons. The van der Waals surface area contributed by atoms with Crippen molar-refractivity contribution in [2.45, 2.75) is 6.92 Å². The van der Waals surface area contributed by atoms with E-state index in [0.29, 0.717) is 28.1 Å². The highest BCUT2D eigenvalue weighted by Gasteiger charge is 2.11. The van der Waals surface area contributed by atoms with Gasteiger partial charge in [-0.05, 0) is 55.5 Å². The Labute approximate surface area is 168 Å². The summed E-state index contributed by atoms with van der Waals surface area (Å²) in [5.74, 6) is -1.10. The SMILES string of the molecule is COC(=O)c1cccc(NC(=O)c2cccc(NC(=O)c3ccc(C)cc3)c2)c1. The number of rotatable bonds is 5. The van der Waals surface area contributed by atoms with Crippen LogP contribution in [0.2, 0.25) is 0 Å². The Kier molecular flexibility index (Phi) is 6.04. The number of aryl methyl sites for hydroxylation is 1. The summed E-state index contributed by atoms with van der Waals surface area (Å²) in [6.45, 7) is 1.95. The smallest absolute Gasteiger partial charge is 0.337 e. The zero-order valence-corrected chi connectivity index (χ0v) is 16.1. The van der Waals surface area contributed by atoms with Gasteiger partial charge in [-0.2, -0.15) is 0 Å². The van der Waals surface area contributed by atoms with Crippen LogP contribution in [-0.2, 0) is 4.74 Å². The molecule has 0 unspecified atom stereocenters. The molecular formula is C23H20N2O4. The van der Waals surface area contributed by atoms with Crippen molar-refractivity contribution in [3.05, 3.63) is 95.1 Å². The fraction of sp³-hybridized carbons (Fsp3) is 0.0870.